The van der Waals surface area contributed by atoms with E-state index in [4.69, 9.17) is 18.9 Å². The quantitative estimate of drug-likeness (QED) is 0.526. The Morgan fingerprint density at radius 2 is 2.10 bits per heavy atom. The monoisotopic (exact) mass is 410 g/mol. The Bertz CT molecular complexity index is 730. The summed E-state index contributed by atoms with van der Waals surface area (Å²) < 4.78 is 23.2. The molecule has 2 N–H and O–H groups in total. The number of ether oxygens (including phenoxy) is 4. The van der Waals surface area contributed by atoms with Gasteiger partial charge >= 0.3 is 11.9 Å². The van der Waals surface area contributed by atoms with Gasteiger partial charge in [0.2, 0.25) is 0 Å². The molecule has 0 aromatic carbocycles. The average Bonchev–Trinajstić information content (AvgIpc) is 3.12. The van der Waals surface area contributed by atoms with Crippen LogP contribution < -0.4 is 0 Å². The van der Waals surface area contributed by atoms with Crippen LogP contribution in [0.25, 0.3) is 0 Å². The summed E-state index contributed by atoms with van der Waals surface area (Å²) in [5.41, 5.74) is -0.473. The van der Waals surface area contributed by atoms with Crippen molar-refractivity contribution < 1.29 is 38.7 Å². The molecule has 0 spiro atoms. The van der Waals surface area contributed by atoms with Crippen molar-refractivity contribution in [2.24, 2.45) is 11.8 Å². The highest BCUT2D eigenvalue weighted by Crippen LogP contribution is 2.51. The second kappa shape index (κ2) is 7.83. The molecule has 3 rings (SSSR count). The Balaban J connectivity index is 2.06. The largest absolute Gasteiger partial charge is 0.458 e. The Kier molecular flexibility index (Phi) is 5.93. The second-order valence-electron chi connectivity index (χ2n) is 8.38. The number of allylic oxidation sites excluding steroid dienone is 1. The van der Waals surface area contributed by atoms with Crippen LogP contribution in [0.15, 0.2) is 23.8 Å². The summed E-state index contributed by atoms with van der Waals surface area (Å²) >= 11 is 0. The van der Waals surface area contributed by atoms with Crippen molar-refractivity contribution >= 4 is 11.9 Å². The minimum absolute atomic E-state index is 0.122. The maximum atomic E-state index is 12.5. The van der Waals surface area contributed by atoms with E-state index in [1.165, 1.54) is 7.11 Å². The van der Waals surface area contributed by atoms with Crippen LogP contribution in [-0.4, -0.2) is 65.6 Å². The Labute approximate surface area is 170 Å². The molecule has 29 heavy (non-hydrogen) atoms. The molecule has 8 nitrogen and oxygen atoms in total. The molecule has 0 saturated carbocycles. The third kappa shape index (κ3) is 3.63. The Hall–Kier alpha value is -1.74. The maximum Gasteiger partial charge on any atom is 0.334 e. The molecule has 0 aromatic heterocycles. The van der Waals surface area contributed by atoms with Crippen molar-refractivity contribution in [2.45, 2.75) is 69.7 Å². The van der Waals surface area contributed by atoms with Crippen LogP contribution in [0.4, 0.5) is 0 Å². The summed E-state index contributed by atoms with van der Waals surface area (Å²) in [6.45, 7) is 8.66. The van der Waals surface area contributed by atoms with Crippen LogP contribution in [-0.2, 0) is 28.5 Å². The van der Waals surface area contributed by atoms with Crippen LogP contribution >= 0.6 is 0 Å². The molecule has 8 heteroatoms. The van der Waals surface area contributed by atoms with Crippen molar-refractivity contribution in [1.29, 1.82) is 0 Å². The molecule has 0 amide bonds. The highest BCUT2D eigenvalue weighted by atomic mass is 16.7. The van der Waals surface area contributed by atoms with Gasteiger partial charge in [0.05, 0.1) is 24.2 Å². The van der Waals surface area contributed by atoms with E-state index in [1.54, 1.807) is 26.8 Å². The number of aliphatic hydroxyl groups is 2. The first-order chi connectivity index (χ1) is 13.6. The van der Waals surface area contributed by atoms with Crippen LogP contribution in [0, 0.1) is 11.8 Å². The molecule has 2 bridgehead atoms. The minimum Gasteiger partial charge on any atom is -0.458 e. The molecule has 3 saturated heterocycles. The Morgan fingerprint density at radius 3 is 2.69 bits per heavy atom. The highest BCUT2D eigenvalue weighted by Gasteiger charge is 2.61. The van der Waals surface area contributed by atoms with E-state index in [2.05, 4.69) is 6.58 Å². The molecular formula is C21H30O8. The maximum absolute atomic E-state index is 12.5. The average molecular weight is 410 g/mol. The zero-order valence-corrected chi connectivity index (χ0v) is 17.3. The van der Waals surface area contributed by atoms with Gasteiger partial charge in [-0.1, -0.05) is 12.7 Å². The van der Waals surface area contributed by atoms with Crippen LogP contribution in [0.2, 0.25) is 0 Å². The summed E-state index contributed by atoms with van der Waals surface area (Å²) in [4.78, 5) is 24.8. The summed E-state index contributed by atoms with van der Waals surface area (Å²) in [6.07, 6.45) is -0.232. The van der Waals surface area contributed by atoms with Gasteiger partial charge in [-0.05, 0) is 27.2 Å². The normalized spacial score (nSPS) is 42.6. The first-order valence-electron chi connectivity index (χ1n) is 9.88. The third-order valence-corrected chi connectivity index (χ3v) is 6.64. The number of rotatable bonds is 4. The van der Waals surface area contributed by atoms with Crippen molar-refractivity contribution in [2.75, 3.05) is 13.7 Å². The molecule has 3 aliphatic heterocycles. The smallest absolute Gasteiger partial charge is 0.334 e. The first-order valence-corrected chi connectivity index (χ1v) is 9.88. The number of carbonyl (C=O) groups is 2. The molecule has 3 aliphatic rings. The summed E-state index contributed by atoms with van der Waals surface area (Å²) in [7, 11) is 1.46. The lowest BCUT2D eigenvalue weighted by molar-refractivity contribution is -0.274. The van der Waals surface area contributed by atoms with E-state index in [0.717, 1.165) is 0 Å². The lowest BCUT2D eigenvalue weighted by Crippen LogP contribution is -2.45. The van der Waals surface area contributed by atoms with Gasteiger partial charge in [0.1, 0.15) is 12.2 Å². The van der Waals surface area contributed by atoms with Crippen molar-refractivity contribution in [3.8, 4) is 0 Å². The number of esters is 2. The topological polar surface area (TPSA) is 112 Å². The van der Waals surface area contributed by atoms with Gasteiger partial charge in [0.15, 0.2) is 5.79 Å². The van der Waals surface area contributed by atoms with Crippen molar-refractivity contribution in [1.82, 2.24) is 0 Å². The lowest BCUT2D eigenvalue weighted by Gasteiger charge is -2.37. The Morgan fingerprint density at radius 1 is 1.41 bits per heavy atom. The third-order valence-electron chi connectivity index (χ3n) is 6.64. The highest BCUT2D eigenvalue weighted by molar-refractivity contribution is 5.91. The van der Waals surface area contributed by atoms with Gasteiger partial charge in [-0.15, -0.1) is 0 Å². The molecule has 3 fully saturated rings. The molecule has 0 radical (unpaired) electrons. The molecule has 0 aliphatic carbocycles. The molecular weight excluding hydrogens is 380 g/mol. The van der Waals surface area contributed by atoms with E-state index >= 15 is 0 Å². The van der Waals surface area contributed by atoms with E-state index in [-0.39, 0.29) is 31.4 Å². The number of aliphatic hydroxyl groups excluding tert-OH is 2. The first kappa shape index (κ1) is 22.0. The van der Waals surface area contributed by atoms with Crippen LogP contribution in [0.3, 0.4) is 0 Å². The SMILES string of the molecule is C=C1C(=O)O[C@H]2C[C@H](CO)[C@@]3(OC)C[C@@H](O)[C@@](C)(C[C@@H](OC(=O)/C(C)=C\C)[C@@H]12)O3. The number of fused-ring (bicyclic) bond motifs is 3. The standard InChI is InChI=1S/C21H30O8/c1-6-11(2)18(24)28-15-8-20(4)16(23)9-21(26-5,29-20)13(10-22)7-14-17(15)12(3)19(25)27-14/h6,13-17,22-23H,3,7-10H2,1-2,4-5H3/b11-6-/t13-,14+,15-,16-,17+,20-,21-/m1/s1. The zero-order chi connectivity index (χ0) is 21.6. The van der Waals surface area contributed by atoms with Crippen LogP contribution in [0.5, 0.6) is 0 Å². The number of hydrogen-bond acceptors (Lipinski definition) is 8. The molecule has 0 aromatic rings. The molecule has 162 valence electrons. The van der Waals surface area contributed by atoms with E-state index in [1.807, 2.05) is 0 Å². The van der Waals surface area contributed by atoms with E-state index in [0.29, 0.717) is 5.57 Å². The van der Waals surface area contributed by atoms with Gasteiger partial charge in [-0.25, -0.2) is 9.59 Å². The summed E-state index contributed by atoms with van der Waals surface area (Å²) in [5, 5.41) is 20.9. The fourth-order valence-electron chi connectivity index (χ4n) is 4.68. The van der Waals surface area contributed by atoms with Gasteiger partial charge in [-0.2, -0.15) is 0 Å². The predicted molar refractivity (Wildman–Crippen MR) is 101 cm³/mol. The summed E-state index contributed by atoms with van der Waals surface area (Å²) in [6, 6.07) is 0. The molecule has 0 unspecified atom stereocenters. The molecule has 7 atom stereocenters. The fourth-order valence-corrected chi connectivity index (χ4v) is 4.68. The number of methoxy groups -OCH3 is 1. The van der Waals surface area contributed by atoms with Crippen molar-refractivity contribution in [3.63, 3.8) is 0 Å². The molecule has 3 heterocycles. The van der Waals surface area contributed by atoms with Gasteiger partial charge in [0.25, 0.3) is 0 Å². The summed E-state index contributed by atoms with van der Waals surface area (Å²) in [5.74, 6) is -3.46. The minimum atomic E-state index is -1.23. The van der Waals surface area contributed by atoms with Gasteiger partial charge in [0, 0.05) is 37.0 Å². The fraction of sp³-hybridized carbons (Fsp3) is 0.714. The predicted octanol–water partition coefficient (Wildman–Crippen LogP) is 1.25. The second-order valence-corrected chi connectivity index (χ2v) is 8.38. The number of carbonyl (C=O) groups excluding carboxylic acids is 2. The van der Waals surface area contributed by atoms with Gasteiger partial charge < -0.3 is 29.2 Å². The lowest BCUT2D eigenvalue weighted by atomic mass is 9.77. The van der Waals surface area contributed by atoms with E-state index < -0.39 is 53.5 Å². The van der Waals surface area contributed by atoms with Crippen molar-refractivity contribution in [3.05, 3.63) is 23.8 Å². The number of hydrogen-bond donors (Lipinski definition) is 2. The zero-order valence-electron chi connectivity index (χ0n) is 17.3. The van der Waals surface area contributed by atoms with Gasteiger partial charge in [-0.3, -0.25) is 0 Å². The van der Waals surface area contributed by atoms with E-state index in [9.17, 15) is 19.8 Å². The van der Waals surface area contributed by atoms with Crippen LogP contribution in [0.1, 0.15) is 40.0 Å².